The van der Waals surface area contributed by atoms with Crippen molar-refractivity contribution in [3.8, 4) is 21.7 Å². The van der Waals surface area contributed by atoms with Crippen LogP contribution in [0.3, 0.4) is 0 Å². The molecule has 4 rings (SSSR count). The molecule has 6 heteroatoms. The quantitative estimate of drug-likeness (QED) is 0.591. The van der Waals surface area contributed by atoms with E-state index in [4.69, 9.17) is 11.5 Å². The average molecular weight is 346 g/mol. The van der Waals surface area contributed by atoms with Crippen LogP contribution in [0, 0.1) is 0 Å². The van der Waals surface area contributed by atoms with Gasteiger partial charge in [0.1, 0.15) is 10.8 Å². The number of nitrogens with zero attached hydrogens (tertiary/aromatic N) is 2. The fraction of sp³-hybridized carbons (Fsp3) is 0. The van der Waals surface area contributed by atoms with E-state index in [-0.39, 0.29) is 0 Å². The zero-order valence-corrected chi connectivity index (χ0v) is 14.0. The van der Waals surface area contributed by atoms with Crippen molar-refractivity contribution < 1.29 is 4.79 Å². The minimum atomic E-state index is -0.461. The molecular weight excluding hydrogens is 332 g/mol. The van der Waals surface area contributed by atoms with Crippen molar-refractivity contribution in [3.05, 3.63) is 66.4 Å². The van der Waals surface area contributed by atoms with Crippen LogP contribution in [0.25, 0.3) is 31.9 Å². The number of aromatic nitrogens is 2. The summed E-state index contributed by atoms with van der Waals surface area (Å²) < 4.78 is 1.10. The van der Waals surface area contributed by atoms with Crippen LogP contribution in [0.15, 0.2) is 60.8 Å². The van der Waals surface area contributed by atoms with Gasteiger partial charge < -0.3 is 11.5 Å². The second-order valence-electron chi connectivity index (χ2n) is 5.59. The summed E-state index contributed by atoms with van der Waals surface area (Å²) in [6.07, 6.45) is 1.69. The number of hydrogen-bond donors (Lipinski definition) is 2. The summed E-state index contributed by atoms with van der Waals surface area (Å²) in [6, 6.07) is 17.0. The lowest BCUT2D eigenvalue weighted by Gasteiger charge is -2.07. The van der Waals surface area contributed by atoms with Crippen molar-refractivity contribution in [2.45, 2.75) is 0 Å². The maximum absolute atomic E-state index is 11.4. The second kappa shape index (κ2) is 5.99. The number of hydrogen-bond acceptors (Lipinski definition) is 5. The SMILES string of the molecule is NC(=O)c1cccc(-c2cnc(N)c(-c3nc4ccccc4s3)c2)c1. The molecule has 0 aliphatic rings. The third-order valence-electron chi connectivity index (χ3n) is 3.92. The maximum Gasteiger partial charge on any atom is 0.248 e. The number of anilines is 1. The van der Waals surface area contributed by atoms with Gasteiger partial charge in [0.2, 0.25) is 5.91 Å². The molecule has 5 nitrogen and oxygen atoms in total. The van der Waals surface area contributed by atoms with Crippen LogP contribution < -0.4 is 11.5 Å². The van der Waals surface area contributed by atoms with Gasteiger partial charge in [0.15, 0.2) is 0 Å². The van der Waals surface area contributed by atoms with Crippen LogP contribution in [0.5, 0.6) is 0 Å². The molecule has 2 aromatic carbocycles. The summed E-state index contributed by atoms with van der Waals surface area (Å²) >= 11 is 1.57. The lowest BCUT2D eigenvalue weighted by molar-refractivity contribution is 0.100. The molecule has 0 atom stereocenters. The number of primary amides is 1. The van der Waals surface area contributed by atoms with E-state index < -0.39 is 5.91 Å². The molecule has 0 unspecified atom stereocenters. The fourth-order valence-electron chi connectivity index (χ4n) is 2.64. The third-order valence-corrected chi connectivity index (χ3v) is 4.99. The van der Waals surface area contributed by atoms with Crippen LogP contribution in [0.4, 0.5) is 5.82 Å². The predicted octanol–water partition coefficient (Wildman–Crippen LogP) is 3.71. The fourth-order valence-corrected chi connectivity index (χ4v) is 3.63. The molecule has 25 heavy (non-hydrogen) atoms. The number of carbonyl (C=O) groups is 1. The Hall–Kier alpha value is -3.25. The van der Waals surface area contributed by atoms with Crippen LogP contribution in [0.2, 0.25) is 0 Å². The molecule has 1 amide bonds. The van der Waals surface area contributed by atoms with Gasteiger partial charge in [-0.15, -0.1) is 11.3 Å². The highest BCUT2D eigenvalue weighted by Crippen LogP contribution is 2.34. The molecular formula is C19H14N4OS. The van der Waals surface area contributed by atoms with Crippen LogP contribution in [-0.2, 0) is 0 Å². The first kappa shape index (κ1) is 15.3. The van der Waals surface area contributed by atoms with Crippen molar-refractivity contribution in [3.63, 3.8) is 0 Å². The molecule has 2 heterocycles. The Balaban J connectivity index is 1.83. The van der Waals surface area contributed by atoms with Gasteiger partial charge in [0.05, 0.1) is 15.8 Å². The first-order valence-electron chi connectivity index (χ1n) is 7.63. The van der Waals surface area contributed by atoms with E-state index >= 15 is 0 Å². The molecule has 2 aromatic heterocycles. The minimum Gasteiger partial charge on any atom is -0.383 e. The van der Waals surface area contributed by atoms with Crippen LogP contribution in [0.1, 0.15) is 10.4 Å². The van der Waals surface area contributed by atoms with Crippen molar-refractivity contribution in [1.82, 2.24) is 9.97 Å². The highest BCUT2D eigenvalue weighted by molar-refractivity contribution is 7.21. The molecule has 4 N–H and O–H groups in total. The number of nitrogens with two attached hydrogens (primary N) is 2. The zero-order valence-electron chi connectivity index (χ0n) is 13.1. The maximum atomic E-state index is 11.4. The van der Waals surface area contributed by atoms with Crippen molar-refractivity contribution in [1.29, 1.82) is 0 Å². The first-order valence-corrected chi connectivity index (χ1v) is 8.45. The number of nitrogen functional groups attached to an aromatic ring is 1. The highest BCUT2D eigenvalue weighted by atomic mass is 32.1. The lowest BCUT2D eigenvalue weighted by atomic mass is 10.0. The van der Waals surface area contributed by atoms with Gasteiger partial charge in [-0.3, -0.25) is 4.79 Å². The summed E-state index contributed by atoms with van der Waals surface area (Å²) in [5.74, 6) is -0.0366. The molecule has 0 aliphatic heterocycles. The third kappa shape index (κ3) is 2.83. The summed E-state index contributed by atoms with van der Waals surface area (Å²) in [6.45, 7) is 0. The Bertz CT molecular complexity index is 1070. The molecule has 0 saturated heterocycles. The molecule has 0 aliphatic carbocycles. The standard InChI is InChI=1S/C19H14N4OS/c20-17-14(19-23-15-6-1-2-7-16(15)25-19)9-13(10-22-17)11-4-3-5-12(8-11)18(21)24/h1-10H,(H2,20,22)(H2,21,24). The Morgan fingerprint density at radius 2 is 1.84 bits per heavy atom. The number of carbonyl (C=O) groups excluding carboxylic acids is 1. The van der Waals surface area contributed by atoms with E-state index in [1.54, 1.807) is 35.7 Å². The summed E-state index contributed by atoms with van der Waals surface area (Å²) in [7, 11) is 0. The predicted molar refractivity (Wildman–Crippen MR) is 101 cm³/mol. The van der Waals surface area contributed by atoms with Gasteiger partial charge in [-0.2, -0.15) is 0 Å². The van der Waals surface area contributed by atoms with Gasteiger partial charge in [0, 0.05) is 17.3 Å². The molecule has 0 spiro atoms. The summed E-state index contributed by atoms with van der Waals surface area (Å²) in [5, 5.41) is 0.819. The van der Waals surface area contributed by atoms with Gasteiger partial charge in [-0.05, 0) is 35.9 Å². The van der Waals surface area contributed by atoms with Crippen LogP contribution >= 0.6 is 11.3 Å². The van der Waals surface area contributed by atoms with Gasteiger partial charge >= 0.3 is 0 Å². The van der Waals surface area contributed by atoms with Crippen molar-refractivity contribution in [2.75, 3.05) is 5.73 Å². The normalized spacial score (nSPS) is 10.9. The lowest BCUT2D eigenvalue weighted by Crippen LogP contribution is -2.10. The Kier molecular flexibility index (Phi) is 3.66. The average Bonchev–Trinajstić information content (AvgIpc) is 3.06. The number of thiazole rings is 1. The van der Waals surface area contributed by atoms with E-state index in [0.717, 1.165) is 31.9 Å². The first-order chi connectivity index (χ1) is 12.1. The highest BCUT2D eigenvalue weighted by Gasteiger charge is 2.12. The van der Waals surface area contributed by atoms with Crippen molar-refractivity contribution >= 4 is 33.3 Å². The number of fused-ring (bicyclic) bond motifs is 1. The molecule has 122 valence electrons. The minimum absolute atomic E-state index is 0.425. The second-order valence-corrected chi connectivity index (χ2v) is 6.62. The van der Waals surface area contributed by atoms with E-state index in [9.17, 15) is 4.79 Å². The number of benzene rings is 2. The number of amides is 1. The van der Waals surface area contributed by atoms with Gasteiger partial charge in [0.25, 0.3) is 0 Å². The number of para-hydroxylation sites is 1. The molecule has 0 radical (unpaired) electrons. The summed E-state index contributed by atoms with van der Waals surface area (Å²) in [5.41, 5.74) is 15.3. The number of rotatable bonds is 3. The van der Waals surface area contributed by atoms with Crippen LogP contribution in [-0.4, -0.2) is 15.9 Å². The van der Waals surface area contributed by atoms with E-state index in [2.05, 4.69) is 9.97 Å². The smallest absolute Gasteiger partial charge is 0.248 e. The van der Waals surface area contributed by atoms with E-state index in [0.29, 0.717) is 11.4 Å². The van der Waals surface area contributed by atoms with Gasteiger partial charge in [-0.25, -0.2) is 9.97 Å². The van der Waals surface area contributed by atoms with E-state index in [1.807, 2.05) is 36.4 Å². The zero-order chi connectivity index (χ0) is 17.4. The monoisotopic (exact) mass is 346 g/mol. The summed E-state index contributed by atoms with van der Waals surface area (Å²) in [4.78, 5) is 20.4. The van der Waals surface area contributed by atoms with Gasteiger partial charge in [-0.1, -0.05) is 24.3 Å². The Morgan fingerprint density at radius 1 is 1.00 bits per heavy atom. The molecule has 4 aromatic rings. The number of pyridine rings is 1. The topological polar surface area (TPSA) is 94.9 Å². The Morgan fingerprint density at radius 3 is 2.64 bits per heavy atom. The molecule has 0 saturated carbocycles. The molecule has 0 fully saturated rings. The Labute approximate surface area is 148 Å². The largest absolute Gasteiger partial charge is 0.383 e. The van der Waals surface area contributed by atoms with Crippen molar-refractivity contribution in [2.24, 2.45) is 5.73 Å². The molecule has 0 bridgehead atoms. The van der Waals surface area contributed by atoms with E-state index in [1.165, 1.54) is 0 Å².